The third-order valence-electron chi connectivity index (χ3n) is 3.62. The summed E-state index contributed by atoms with van der Waals surface area (Å²) in [5.41, 5.74) is 4.78. The molecule has 0 radical (unpaired) electrons. The molecule has 0 saturated carbocycles. The molecular weight excluding hydrogens is 280 g/mol. The summed E-state index contributed by atoms with van der Waals surface area (Å²) in [6.07, 6.45) is 5.62. The highest BCUT2D eigenvalue weighted by Gasteiger charge is 2.14. The van der Waals surface area contributed by atoms with Gasteiger partial charge in [-0.25, -0.2) is 0 Å². The molecule has 0 fully saturated rings. The van der Waals surface area contributed by atoms with Gasteiger partial charge >= 0.3 is 0 Å². The van der Waals surface area contributed by atoms with Crippen LogP contribution >= 0.6 is 0 Å². The lowest BCUT2D eigenvalue weighted by atomic mass is 9.86. The molecule has 0 atom stereocenters. The summed E-state index contributed by atoms with van der Waals surface area (Å²) in [5, 5.41) is 0. The van der Waals surface area contributed by atoms with Crippen molar-refractivity contribution in [2.75, 3.05) is 0 Å². The zero-order chi connectivity index (χ0) is 17.6. The Morgan fingerprint density at radius 2 is 1.74 bits per heavy atom. The number of allylic oxidation sites excluding steroid dienone is 1. The van der Waals surface area contributed by atoms with E-state index in [0.29, 0.717) is 0 Å². The molecule has 0 saturated heterocycles. The van der Waals surface area contributed by atoms with Gasteiger partial charge in [0.1, 0.15) is 11.5 Å². The summed E-state index contributed by atoms with van der Waals surface area (Å²) in [7, 11) is 0. The number of hydrogen-bond donors (Lipinski definition) is 0. The number of benzene rings is 1. The van der Waals surface area contributed by atoms with Crippen molar-refractivity contribution in [2.24, 2.45) is 0 Å². The molecule has 0 aliphatic rings. The molecule has 0 aliphatic carbocycles. The molecule has 1 aromatic carbocycles. The largest absolute Gasteiger partial charge is 0.461 e. The third kappa shape index (κ3) is 5.18. The Morgan fingerprint density at radius 1 is 1.22 bits per heavy atom. The lowest BCUT2D eigenvalue weighted by Gasteiger charge is -2.18. The zero-order valence-electron chi connectivity index (χ0n) is 15.3. The van der Waals surface area contributed by atoms with Crippen LogP contribution in [-0.2, 0) is 5.41 Å². The molecule has 0 amide bonds. The van der Waals surface area contributed by atoms with Crippen molar-refractivity contribution in [3.05, 3.63) is 53.8 Å². The molecule has 2 aromatic rings. The second kappa shape index (κ2) is 7.88. The van der Waals surface area contributed by atoms with Gasteiger partial charge in [0.15, 0.2) is 0 Å². The van der Waals surface area contributed by atoms with Crippen LogP contribution < -0.4 is 0 Å². The molecule has 2 rings (SSSR count). The Morgan fingerprint density at radius 3 is 2.09 bits per heavy atom. The molecule has 0 spiro atoms. The molecule has 0 aliphatic heterocycles. The lowest BCUT2D eigenvalue weighted by Crippen LogP contribution is -2.10. The maximum absolute atomic E-state index is 5.83. The average molecular weight is 308 g/mol. The summed E-state index contributed by atoms with van der Waals surface area (Å²) >= 11 is 0. The van der Waals surface area contributed by atoms with Crippen LogP contribution in [0.25, 0.3) is 16.9 Å². The molecule has 23 heavy (non-hydrogen) atoms. The van der Waals surface area contributed by atoms with Crippen molar-refractivity contribution in [3.8, 4) is 23.7 Å². The Labute approximate surface area is 141 Å². The van der Waals surface area contributed by atoms with Gasteiger partial charge in [0.2, 0.25) is 0 Å². The van der Waals surface area contributed by atoms with Crippen LogP contribution in [0.2, 0.25) is 0 Å². The predicted octanol–water partition coefficient (Wildman–Crippen LogP) is 6.62. The van der Waals surface area contributed by atoms with E-state index in [1.165, 1.54) is 5.56 Å². The second-order valence-electron chi connectivity index (χ2n) is 6.75. The van der Waals surface area contributed by atoms with Gasteiger partial charge < -0.3 is 4.42 Å². The van der Waals surface area contributed by atoms with Gasteiger partial charge in [0.25, 0.3) is 0 Å². The Kier molecular flexibility index (Phi) is 6.46. The fourth-order valence-corrected chi connectivity index (χ4v) is 2.18. The first kappa shape index (κ1) is 18.8. The van der Waals surface area contributed by atoms with Crippen molar-refractivity contribution in [3.63, 3.8) is 0 Å². The molecule has 1 aromatic heterocycles. The zero-order valence-corrected chi connectivity index (χ0v) is 15.3. The normalized spacial score (nSPS) is 10.5. The van der Waals surface area contributed by atoms with Crippen LogP contribution in [0.1, 0.15) is 57.9 Å². The summed E-state index contributed by atoms with van der Waals surface area (Å²) in [6, 6.07) is 10.7. The summed E-state index contributed by atoms with van der Waals surface area (Å²) in [4.78, 5) is 0. The van der Waals surface area contributed by atoms with Gasteiger partial charge in [-0.1, -0.05) is 58.5 Å². The maximum atomic E-state index is 5.83. The van der Waals surface area contributed by atoms with Gasteiger partial charge in [0, 0.05) is 17.5 Å². The van der Waals surface area contributed by atoms with E-state index in [0.717, 1.165) is 34.6 Å². The SMILES string of the molecule is C#CCC.C=C(C)c1cc(-c2ccc(C(C)(C)C)cc2)oc1C. The Balaban J connectivity index is 0.000000593. The third-order valence-corrected chi connectivity index (χ3v) is 3.62. The van der Waals surface area contributed by atoms with Gasteiger partial charge in [-0.05, 0) is 36.5 Å². The van der Waals surface area contributed by atoms with Gasteiger partial charge in [0.05, 0.1) is 0 Å². The summed E-state index contributed by atoms with van der Waals surface area (Å²) in [5.74, 6) is 4.28. The fourth-order valence-electron chi connectivity index (χ4n) is 2.18. The first-order valence-corrected chi connectivity index (χ1v) is 8.01. The molecule has 0 unspecified atom stereocenters. The molecule has 1 nitrogen and oxygen atoms in total. The lowest BCUT2D eigenvalue weighted by molar-refractivity contribution is 0.547. The molecule has 1 heterocycles. The minimum atomic E-state index is 0.181. The minimum Gasteiger partial charge on any atom is -0.461 e. The molecule has 122 valence electrons. The van der Waals surface area contributed by atoms with E-state index in [-0.39, 0.29) is 5.41 Å². The van der Waals surface area contributed by atoms with Crippen LogP contribution in [0.4, 0.5) is 0 Å². The Bertz CT molecular complexity index is 685. The maximum Gasteiger partial charge on any atom is 0.134 e. The predicted molar refractivity (Wildman–Crippen MR) is 101 cm³/mol. The van der Waals surface area contributed by atoms with E-state index in [4.69, 9.17) is 10.8 Å². The van der Waals surface area contributed by atoms with E-state index in [9.17, 15) is 0 Å². The highest BCUT2D eigenvalue weighted by molar-refractivity contribution is 5.69. The molecular formula is C22H28O. The second-order valence-corrected chi connectivity index (χ2v) is 6.75. The van der Waals surface area contributed by atoms with Gasteiger partial charge in [-0.2, -0.15) is 0 Å². The van der Waals surface area contributed by atoms with E-state index >= 15 is 0 Å². The quantitative estimate of drug-likeness (QED) is 0.568. The number of aryl methyl sites for hydroxylation is 1. The topological polar surface area (TPSA) is 13.1 Å². The number of rotatable bonds is 2. The van der Waals surface area contributed by atoms with Crippen molar-refractivity contribution < 1.29 is 4.42 Å². The smallest absolute Gasteiger partial charge is 0.134 e. The van der Waals surface area contributed by atoms with Gasteiger partial charge in [-0.15, -0.1) is 12.3 Å². The Hall–Kier alpha value is -2.20. The number of hydrogen-bond acceptors (Lipinski definition) is 1. The molecule has 0 bridgehead atoms. The van der Waals surface area contributed by atoms with Crippen LogP contribution in [-0.4, -0.2) is 0 Å². The molecule has 0 N–H and O–H groups in total. The van der Waals surface area contributed by atoms with E-state index in [1.54, 1.807) is 0 Å². The minimum absolute atomic E-state index is 0.181. The van der Waals surface area contributed by atoms with Crippen LogP contribution in [0.3, 0.4) is 0 Å². The monoisotopic (exact) mass is 308 g/mol. The van der Waals surface area contributed by atoms with Crippen LogP contribution in [0, 0.1) is 19.3 Å². The first-order chi connectivity index (χ1) is 10.7. The van der Waals surface area contributed by atoms with Crippen molar-refractivity contribution in [1.82, 2.24) is 0 Å². The number of terminal acetylenes is 1. The van der Waals surface area contributed by atoms with E-state index < -0.39 is 0 Å². The fraction of sp³-hybridized carbons (Fsp3) is 0.364. The number of furan rings is 1. The first-order valence-electron chi connectivity index (χ1n) is 8.01. The van der Waals surface area contributed by atoms with Gasteiger partial charge in [-0.3, -0.25) is 0 Å². The van der Waals surface area contributed by atoms with Crippen molar-refractivity contribution >= 4 is 5.57 Å². The van der Waals surface area contributed by atoms with Crippen LogP contribution in [0.15, 0.2) is 41.3 Å². The van der Waals surface area contributed by atoms with Crippen molar-refractivity contribution in [1.29, 1.82) is 0 Å². The average Bonchev–Trinajstić information content (AvgIpc) is 2.89. The highest BCUT2D eigenvalue weighted by atomic mass is 16.3. The van der Waals surface area contributed by atoms with Crippen LogP contribution in [0.5, 0.6) is 0 Å². The molecule has 1 heteroatoms. The van der Waals surface area contributed by atoms with Crippen molar-refractivity contribution in [2.45, 2.75) is 53.4 Å². The standard InChI is InChI=1S/C18H22O.C4H6/c1-12(2)16-11-17(19-13(16)3)14-7-9-15(10-8-14)18(4,5)6;1-3-4-2/h7-11H,1H2,2-6H3;1H,4H2,2H3. The summed E-state index contributed by atoms with van der Waals surface area (Å²) < 4.78 is 5.83. The van der Waals surface area contributed by atoms with E-state index in [1.807, 2.05) is 20.8 Å². The highest BCUT2D eigenvalue weighted by Crippen LogP contribution is 2.30. The van der Waals surface area contributed by atoms with E-state index in [2.05, 4.69) is 63.6 Å². The summed E-state index contributed by atoms with van der Waals surface area (Å²) in [6.45, 7) is 16.6.